The van der Waals surface area contributed by atoms with E-state index in [9.17, 15) is 0 Å². The van der Waals surface area contributed by atoms with Crippen LogP contribution in [0.4, 0.5) is 0 Å². The summed E-state index contributed by atoms with van der Waals surface area (Å²) in [4.78, 5) is 0. The van der Waals surface area contributed by atoms with Crippen molar-refractivity contribution in [2.45, 2.75) is 339 Å². The topological polar surface area (TPSA) is 0 Å². The van der Waals surface area contributed by atoms with Crippen molar-refractivity contribution < 1.29 is 31.4 Å². The minimum atomic E-state index is 0. The summed E-state index contributed by atoms with van der Waals surface area (Å²) < 4.78 is 10.3. The predicted molar refractivity (Wildman–Crippen MR) is 427 cm³/mol. The van der Waals surface area contributed by atoms with Crippen LogP contribution in [0.25, 0.3) is 0 Å². The lowest BCUT2D eigenvalue weighted by Crippen LogP contribution is -2.57. The fourth-order valence-electron chi connectivity index (χ4n) is 24.1. The van der Waals surface area contributed by atoms with E-state index in [-0.39, 0.29) is 52.0 Å². The molecule has 0 saturated carbocycles. The van der Waals surface area contributed by atoms with E-state index < -0.39 is 0 Å². The van der Waals surface area contributed by atoms with Gasteiger partial charge in [-0.15, -0.1) is 0 Å². The SMILES string of the molecule is CC1C(C)C(C)[N+]2(CCCCCC2)C1C.CC1CC(C)[N+]2(CCCCCC2)C1C.CC1CCCC[N+]12CCCC2.CC1CCC[N+]2(CCCC2)C1.CC1CCC[N+]2(CCCC2)C1C.CC1CC[N+]2(CCCC2)CC1.CC1C[N+]2(CCCCCC2)C(C)C1C.[CH3-].[CH3-].[CH3-].[CH3-].[CH3-].[CH3-].[CH3-]. The number of piperidine rings is 4. The average molecular weight is 1340 g/mol. The molecule has 14 saturated heterocycles. The molecule has 0 radical (unpaired) electrons. The number of nitrogens with zero attached hydrogens (tertiary/aromatic N) is 7. The van der Waals surface area contributed by atoms with Gasteiger partial charge in [0.15, 0.2) is 0 Å². The molecule has 14 aliphatic rings. The second-order valence-electron chi connectivity index (χ2n) is 36.4. The molecule has 0 aliphatic carbocycles. The summed E-state index contributed by atoms with van der Waals surface area (Å²) in [5.74, 6) is 7.65. The fraction of sp³-hybridized carbons (Fsp3) is 0.920. The first kappa shape index (κ1) is 92.7. The van der Waals surface area contributed by atoms with E-state index in [0.29, 0.717) is 0 Å². The molecule has 0 aromatic carbocycles. The van der Waals surface area contributed by atoms with Crippen molar-refractivity contribution >= 4 is 0 Å². The Morgan fingerprint density at radius 3 is 0.989 bits per heavy atom. The Kier molecular flexibility index (Phi) is 41.5. The molecule has 0 aromatic rings. The Bertz CT molecular complexity index is 1910. The molecule has 0 bridgehead atoms. The van der Waals surface area contributed by atoms with Crippen molar-refractivity contribution in [1.82, 2.24) is 0 Å². The molecule has 14 fully saturated rings. The number of quaternary nitrogens is 7. The van der Waals surface area contributed by atoms with Gasteiger partial charge in [0.25, 0.3) is 0 Å². The van der Waals surface area contributed by atoms with Gasteiger partial charge in [0.05, 0.1) is 180 Å². The highest BCUT2D eigenvalue weighted by Crippen LogP contribution is 2.44. The fourth-order valence-corrected chi connectivity index (χ4v) is 24.1. The lowest BCUT2D eigenvalue weighted by atomic mass is 9.90. The van der Waals surface area contributed by atoms with Gasteiger partial charge in [-0.05, 0) is 189 Å². The molecule has 0 amide bonds. The third-order valence-corrected chi connectivity index (χ3v) is 31.7. The van der Waals surface area contributed by atoms with Crippen molar-refractivity contribution in [1.29, 1.82) is 0 Å². The summed E-state index contributed by atoms with van der Waals surface area (Å²) in [6.07, 6.45) is 44.4. The average Bonchev–Trinajstić information content (AvgIpc) is 1.63. The van der Waals surface area contributed by atoms with E-state index >= 15 is 0 Å². The smallest absolute Gasteiger partial charge is 0.0894 e. The molecule has 7 heteroatoms. The van der Waals surface area contributed by atoms with Crippen molar-refractivity contribution in [2.24, 2.45) is 47.3 Å². The minimum absolute atomic E-state index is 0. The summed E-state index contributed by atoms with van der Waals surface area (Å²) in [5.41, 5.74) is 0. The Morgan fingerprint density at radius 1 is 0.200 bits per heavy atom. The zero-order valence-electron chi connectivity index (χ0n) is 69.9. The van der Waals surface area contributed by atoms with Crippen LogP contribution in [0.3, 0.4) is 0 Å². The Labute approximate surface area is 603 Å². The maximum Gasteiger partial charge on any atom is 0.0894 e. The van der Waals surface area contributed by atoms with Gasteiger partial charge in [0.1, 0.15) is 0 Å². The summed E-state index contributed by atoms with van der Waals surface area (Å²) in [7, 11) is 0. The van der Waals surface area contributed by atoms with E-state index in [1.807, 2.05) is 0 Å². The van der Waals surface area contributed by atoms with Gasteiger partial charge in [-0.2, -0.15) is 0 Å². The van der Waals surface area contributed by atoms with Crippen molar-refractivity contribution in [3.8, 4) is 0 Å². The zero-order valence-corrected chi connectivity index (χ0v) is 69.9. The molecule has 0 aromatic heterocycles. The quantitative estimate of drug-likeness (QED) is 0.168. The van der Waals surface area contributed by atoms with E-state index in [4.69, 9.17) is 0 Å². The summed E-state index contributed by atoms with van der Waals surface area (Å²) in [5, 5.41) is 0. The van der Waals surface area contributed by atoms with Gasteiger partial charge >= 0.3 is 0 Å². The van der Waals surface area contributed by atoms with Gasteiger partial charge in [-0.1, -0.05) is 55.4 Å². The lowest BCUT2D eigenvalue weighted by molar-refractivity contribution is -0.959. The standard InChI is InChI=1S/C14H28N.2C13H26N.C11H22N.3C10H20N.7CH3/c1-11-12(2)14(4)15(13(11)3)9-7-5-6-8-10-15;1-11-10-14(13(3)12(11)2)8-6-4-5-7-9-14;1-11-10-12(2)14(13(11)3)8-6-4-5-7-9-14;1-10-6-5-9-12(11(10)2)7-3-4-8-12;1-10-4-8-11(9-5-10)6-2-3-7-11;1-10-5-4-8-11(9-10)6-2-3-7-11;1-10-6-2-3-7-11(10)8-4-5-9-11;;;;;;;/h11-14H,5-10H2,1-4H3;2*11-13H,4-10H2,1-3H3;10-11H,3-9H2,1-2H3;3*10H,2-9H2,1H3;7*1H3/q7*+1;7*-1. The first-order valence-corrected chi connectivity index (χ1v) is 41.1. The van der Waals surface area contributed by atoms with Gasteiger partial charge in [0, 0.05) is 99.2 Å². The van der Waals surface area contributed by atoms with E-state index in [1.54, 1.807) is 0 Å². The normalized spacial score (nSPS) is 36.9. The second kappa shape index (κ2) is 42.5. The van der Waals surface area contributed by atoms with Crippen LogP contribution >= 0.6 is 0 Å². The molecule has 7 spiro atoms. The van der Waals surface area contributed by atoms with Crippen molar-refractivity contribution in [3.63, 3.8) is 0 Å². The molecule has 570 valence electrons. The third-order valence-electron chi connectivity index (χ3n) is 31.7. The van der Waals surface area contributed by atoms with Gasteiger partial charge < -0.3 is 83.4 Å². The van der Waals surface area contributed by atoms with Crippen LogP contribution in [0.15, 0.2) is 0 Å². The van der Waals surface area contributed by atoms with Crippen LogP contribution in [-0.2, 0) is 0 Å². The van der Waals surface area contributed by atoms with Gasteiger partial charge in [-0.25, -0.2) is 0 Å². The zero-order chi connectivity index (χ0) is 63.2. The molecule has 14 atom stereocenters. The molecule has 14 heterocycles. The second-order valence-corrected chi connectivity index (χ2v) is 36.4. The van der Waals surface area contributed by atoms with Crippen molar-refractivity contribution in [2.75, 3.05) is 137 Å². The third kappa shape index (κ3) is 22.6. The van der Waals surface area contributed by atoms with E-state index in [0.717, 1.165) is 89.6 Å². The molecule has 14 aliphatic heterocycles. The number of rotatable bonds is 0. The summed E-state index contributed by atoms with van der Waals surface area (Å²) in [6.45, 7) is 68.1. The molecule has 0 N–H and O–H groups in total. The molecular formula is C88H183N7. The first-order chi connectivity index (χ1) is 42.1. The van der Waals surface area contributed by atoms with Crippen molar-refractivity contribution in [3.05, 3.63) is 52.0 Å². The van der Waals surface area contributed by atoms with Crippen LogP contribution in [0.5, 0.6) is 0 Å². The van der Waals surface area contributed by atoms with Crippen LogP contribution in [0.2, 0.25) is 0 Å². The number of hydrogen-bond donors (Lipinski definition) is 0. The van der Waals surface area contributed by atoms with Crippen LogP contribution in [0.1, 0.15) is 296 Å². The van der Waals surface area contributed by atoms with Gasteiger partial charge in [0.2, 0.25) is 0 Å². The highest BCUT2D eigenvalue weighted by molar-refractivity contribution is 4.85. The Balaban J connectivity index is 0.000000549. The first-order valence-electron chi connectivity index (χ1n) is 41.1. The van der Waals surface area contributed by atoms with Gasteiger partial charge in [-0.3, -0.25) is 0 Å². The largest absolute Gasteiger partial charge is 0.358 e. The van der Waals surface area contributed by atoms with Crippen LogP contribution in [-0.4, -0.2) is 211 Å². The molecular weight excluding hydrogens is 1160 g/mol. The van der Waals surface area contributed by atoms with Crippen LogP contribution in [0, 0.1) is 99.3 Å². The number of hydrogen-bond acceptors (Lipinski definition) is 0. The molecule has 7 nitrogen and oxygen atoms in total. The summed E-state index contributed by atoms with van der Waals surface area (Å²) >= 11 is 0. The molecule has 14 rings (SSSR count). The Morgan fingerprint density at radius 2 is 0.568 bits per heavy atom. The highest BCUT2D eigenvalue weighted by Gasteiger charge is 2.54. The van der Waals surface area contributed by atoms with Crippen LogP contribution < -0.4 is 0 Å². The maximum absolute atomic E-state index is 2.51. The van der Waals surface area contributed by atoms with E-state index in [2.05, 4.69) is 104 Å². The summed E-state index contributed by atoms with van der Waals surface area (Å²) in [6, 6.07) is 6.48. The Hall–Kier alpha value is -0.280. The maximum atomic E-state index is 2.51. The predicted octanol–water partition coefficient (Wildman–Crippen LogP) is 21.5. The van der Waals surface area contributed by atoms with E-state index in [1.165, 1.54) is 361 Å². The molecule has 95 heavy (non-hydrogen) atoms. The highest BCUT2D eigenvalue weighted by atomic mass is 15.4. The lowest BCUT2D eigenvalue weighted by Gasteiger charge is -2.46. The monoisotopic (exact) mass is 1340 g/mol. The minimum Gasteiger partial charge on any atom is -0.358 e. The molecule has 14 unspecified atom stereocenters.